The van der Waals surface area contributed by atoms with Crippen molar-refractivity contribution in [1.29, 1.82) is 0 Å². The first-order valence-corrected chi connectivity index (χ1v) is 9.17. The smallest absolute Gasteiger partial charge is 0.339 e. The molecule has 1 aromatic heterocycles. The van der Waals surface area contributed by atoms with E-state index in [1.54, 1.807) is 6.07 Å². The van der Waals surface area contributed by atoms with Crippen LogP contribution < -0.4 is 5.73 Å². The Balaban J connectivity index is 1.64. The number of aromatic nitrogens is 1. The number of anilines is 1. The van der Waals surface area contributed by atoms with Crippen LogP contribution in [0.1, 0.15) is 41.9 Å². The fraction of sp³-hybridized carbons (Fsp3) is 0.429. The average molecular weight is 351 g/mol. The van der Waals surface area contributed by atoms with Gasteiger partial charge in [0, 0.05) is 35.8 Å². The van der Waals surface area contributed by atoms with Gasteiger partial charge in [0.05, 0.1) is 0 Å². The lowest BCUT2D eigenvalue weighted by molar-refractivity contribution is 0.0697. The van der Waals surface area contributed by atoms with Crippen LogP contribution in [-0.4, -0.2) is 40.1 Å². The zero-order chi connectivity index (χ0) is 18.6. The maximum Gasteiger partial charge on any atom is 0.339 e. The summed E-state index contributed by atoms with van der Waals surface area (Å²) in [7, 11) is 0. The van der Waals surface area contributed by atoms with Crippen molar-refractivity contribution in [2.45, 2.75) is 38.6 Å². The molecule has 1 saturated heterocycles. The van der Waals surface area contributed by atoms with E-state index in [1.807, 2.05) is 6.92 Å². The Hall–Kier alpha value is -2.40. The highest BCUT2D eigenvalue weighted by molar-refractivity contribution is 5.94. The molecule has 1 aromatic carbocycles. The predicted octanol–water partition coefficient (Wildman–Crippen LogP) is 3.32. The Morgan fingerprint density at radius 3 is 2.62 bits per heavy atom. The van der Waals surface area contributed by atoms with Crippen LogP contribution in [0.2, 0.25) is 0 Å². The molecule has 0 amide bonds. The summed E-state index contributed by atoms with van der Waals surface area (Å²) in [6.07, 6.45) is 1.28. The van der Waals surface area contributed by atoms with Gasteiger partial charge in [0.2, 0.25) is 0 Å². The summed E-state index contributed by atoms with van der Waals surface area (Å²) >= 11 is 0. The van der Waals surface area contributed by atoms with E-state index in [9.17, 15) is 9.90 Å². The van der Waals surface area contributed by atoms with E-state index in [1.165, 1.54) is 18.5 Å². The average Bonchev–Trinajstić information content (AvgIpc) is 3.16. The summed E-state index contributed by atoms with van der Waals surface area (Å²) in [5.74, 6) is -0.212. The highest BCUT2D eigenvalue weighted by atomic mass is 16.4. The highest BCUT2D eigenvalue weighted by Crippen LogP contribution is 2.59. The highest BCUT2D eigenvalue weighted by Gasteiger charge is 2.60. The van der Waals surface area contributed by atoms with Gasteiger partial charge in [-0.15, -0.1) is 0 Å². The summed E-state index contributed by atoms with van der Waals surface area (Å²) in [4.78, 5) is 18.1. The topological polar surface area (TPSA) is 79.4 Å². The number of hydrogen-bond acceptors (Lipinski definition) is 4. The Bertz CT molecular complexity index is 876. The van der Waals surface area contributed by atoms with E-state index < -0.39 is 5.97 Å². The third kappa shape index (κ3) is 2.58. The number of nitrogens with zero attached hydrogens (tertiary/aromatic N) is 2. The molecule has 5 heteroatoms. The van der Waals surface area contributed by atoms with Crippen molar-refractivity contribution < 1.29 is 9.90 Å². The molecule has 26 heavy (non-hydrogen) atoms. The van der Waals surface area contributed by atoms with Gasteiger partial charge in [-0.2, -0.15) is 0 Å². The summed E-state index contributed by atoms with van der Waals surface area (Å²) in [6.45, 7) is 8.72. The zero-order valence-electron chi connectivity index (χ0n) is 15.5. The molecule has 136 valence electrons. The van der Waals surface area contributed by atoms with Crippen molar-refractivity contribution in [3.8, 4) is 11.1 Å². The largest absolute Gasteiger partial charge is 0.478 e. The fourth-order valence-corrected chi connectivity index (χ4v) is 4.43. The van der Waals surface area contributed by atoms with E-state index in [2.05, 4.69) is 48.0 Å². The first-order chi connectivity index (χ1) is 12.3. The molecule has 0 bridgehead atoms. The molecule has 1 saturated carbocycles. The molecular formula is C21H25N3O2. The molecule has 2 aliphatic rings. The molecule has 2 heterocycles. The lowest BCUT2D eigenvalue weighted by Crippen LogP contribution is -2.32. The number of hydrogen-bond donors (Lipinski definition) is 2. The summed E-state index contributed by atoms with van der Waals surface area (Å²) in [5.41, 5.74) is 10.1. The van der Waals surface area contributed by atoms with Crippen LogP contribution in [0.3, 0.4) is 0 Å². The van der Waals surface area contributed by atoms with Crippen LogP contribution in [0.4, 0.5) is 5.82 Å². The number of pyridine rings is 1. The number of nitrogen functional groups attached to an aromatic ring is 1. The molecule has 2 aromatic rings. The van der Waals surface area contributed by atoms with Crippen molar-refractivity contribution in [2.75, 3.05) is 18.8 Å². The number of carbonyl (C=O) groups is 1. The summed E-state index contributed by atoms with van der Waals surface area (Å²) in [6, 6.07) is 10.8. The molecule has 0 spiro atoms. The number of nitrogens with two attached hydrogens (primary N) is 1. The van der Waals surface area contributed by atoms with E-state index in [0.717, 1.165) is 29.3 Å². The van der Waals surface area contributed by atoms with Crippen molar-refractivity contribution in [1.82, 2.24) is 9.88 Å². The Labute approximate surface area is 153 Å². The van der Waals surface area contributed by atoms with E-state index in [-0.39, 0.29) is 11.4 Å². The van der Waals surface area contributed by atoms with Gasteiger partial charge < -0.3 is 10.8 Å². The second-order valence-corrected chi connectivity index (χ2v) is 8.02. The molecule has 4 rings (SSSR count). The molecule has 0 radical (unpaired) electrons. The molecular weight excluding hydrogens is 326 g/mol. The van der Waals surface area contributed by atoms with Crippen molar-refractivity contribution in [3.63, 3.8) is 0 Å². The summed E-state index contributed by atoms with van der Waals surface area (Å²) in [5, 5.41) is 9.30. The normalized spacial score (nSPS) is 24.7. The van der Waals surface area contributed by atoms with Gasteiger partial charge in [0.25, 0.3) is 0 Å². The number of piperidine rings is 1. The summed E-state index contributed by atoms with van der Waals surface area (Å²) < 4.78 is 0. The predicted molar refractivity (Wildman–Crippen MR) is 102 cm³/mol. The van der Waals surface area contributed by atoms with Gasteiger partial charge in [-0.25, -0.2) is 9.78 Å². The monoisotopic (exact) mass is 351 g/mol. The molecule has 2 fully saturated rings. The van der Waals surface area contributed by atoms with Crippen LogP contribution in [0, 0.1) is 12.8 Å². The van der Waals surface area contributed by atoms with Crippen LogP contribution in [-0.2, 0) is 5.41 Å². The third-order valence-electron chi connectivity index (χ3n) is 6.15. The van der Waals surface area contributed by atoms with Crippen molar-refractivity contribution in [3.05, 3.63) is 47.2 Å². The molecule has 2 atom stereocenters. The van der Waals surface area contributed by atoms with Gasteiger partial charge in [0.15, 0.2) is 0 Å². The fourth-order valence-electron chi connectivity index (χ4n) is 4.43. The van der Waals surface area contributed by atoms with Gasteiger partial charge in [0.1, 0.15) is 11.4 Å². The SMILES string of the molecule is Cc1nc(N)c(C(=O)O)cc1-c1ccc([C@]23C[C@H]2CN(C(C)C)C3)cc1. The lowest BCUT2D eigenvalue weighted by atomic mass is 9.92. The van der Waals surface area contributed by atoms with E-state index >= 15 is 0 Å². The van der Waals surface area contributed by atoms with E-state index in [4.69, 9.17) is 5.73 Å². The minimum Gasteiger partial charge on any atom is -0.478 e. The van der Waals surface area contributed by atoms with E-state index in [0.29, 0.717) is 11.5 Å². The minimum absolute atomic E-state index is 0.0545. The molecule has 1 aliphatic heterocycles. The lowest BCUT2D eigenvalue weighted by Gasteiger charge is -2.24. The van der Waals surface area contributed by atoms with Crippen LogP contribution in [0.25, 0.3) is 11.1 Å². The van der Waals surface area contributed by atoms with Gasteiger partial charge in [-0.1, -0.05) is 24.3 Å². The third-order valence-corrected chi connectivity index (χ3v) is 6.15. The standard InChI is InChI=1S/C21H25N3O2/c1-12(2)24-10-16-9-21(16,11-24)15-6-4-14(5-7-15)17-8-18(20(25)26)19(22)23-13(17)3/h4-8,12,16H,9-11H2,1-3H3,(H2,22,23)(H,25,26)/t16-,21+/m0/s1. The first-order valence-electron chi connectivity index (χ1n) is 9.17. The van der Waals surface area contributed by atoms with Crippen molar-refractivity contribution >= 4 is 11.8 Å². The number of aromatic carboxylic acids is 1. The maximum atomic E-state index is 11.4. The number of likely N-dealkylation sites (tertiary alicyclic amines) is 1. The Morgan fingerprint density at radius 2 is 2.04 bits per heavy atom. The van der Waals surface area contributed by atoms with Crippen LogP contribution in [0.5, 0.6) is 0 Å². The maximum absolute atomic E-state index is 11.4. The number of carboxylic acid groups (broad SMARTS) is 1. The molecule has 1 aliphatic carbocycles. The van der Waals surface area contributed by atoms with Gasteiger partial charge >= 0.3 is 5.97 Å². The molecule has 5 nitrogen and oxygen atoms in total. The Kier molecular flexibility index (Phi) is 3.81. The second kappa shape index (κ2) is 5.81. The number of carboxylic acids is 1. The minimum atomic E-state index is -1.05. The number of fused-ring (bicyclic) bond motifs is 1. The second-order valence-electron chi connectivity index (χ2n) is 8.02. The zero-order valence-corrected chi connectivity index (χ0v) is 15.5. The number of aryl methyl sites for hydroxylation is 1. The number of rotatable bonds is 4. The molecule has 3 N–H and O–H groups in total. The Morgan fingerprint density at radius 1 is 1.35 bits per heavy atom. The van der Waals surface area contributed by atoms with Gasteiger partial charge in [-0.3, -0.25) is 4.90 Å². The van der Waals surface area contributed by atoms with Gasteiger partial charge in [-0.05, 0) is 50.3 Å². The van der Waals surface area contributed by atoms with Crippen molar-refractivity contribution in [2.24, 2.45) is 5.92 Å². The van der Waals surface area contributed by atoms with Crippen LogP contribution >= 0.6 is 0 Å². The molecule has 0 unspecified atom stereocenters. The van der Waals surface area contributed by atoms with Crippen LogP contribution in [0.15, 0.2) is 30.3 Å². The first kappa shape index (κ1) is 17.0. The number of benzene rings is 1. The quantitative estimate of drug-likeness (QED) is 0.883.